The van der Waals surface area contributed by atoms with Crippen molar-refractivity contribution in [3.8, 4) is 16.9 Å². The number of thiophene rings is 1. The van der Waals surface area contributed by atoms with Crippen LogP contribution >= 0.6 is 11.3 Å². The van der Waals surface area contributed by atoms with Gasteiger partial charge in [-0.15, -0.1) is 11.3 Å². The van der Waals surface area contributed by atoms with Gasteiger partial charge in [0.2, 0.25) is 0 Å². The van der Waals surface area contributed by atoms with Crippen molar-refractivity contribution in [2.75, 3.05) is 6.61 Å². The number of carbonyl (C=O) groups is 1. The van der Waals surface area contributed by atoms with Crippen LogP contribution in [0.15, 0.2) is 77.2 Å². The smallest absolute Gasteiger partial charge is 0.277 e. The van der Waals surface area contributed by atoms with E-state index in [1.165, 1.54) is 0 Å². The molecule has 0 spiro atoms. The van der Waals surface area contributed by atoms with Crippen LogP contribution in [0.1, 0.15) is 4.88 Å². The van der Waals surface area contributed by atoms with Crippen molar-refractivity contribution in [1.29, 1.82) is 0 Å². The lowest BCUT2D eigenvalue weighted by atomic mass is 10.1. The van der Waals surface area contributed by atoms with E-state index in [1.807, 2.05) is 60.0 Å². The number of nitrogens with one attached hydrogen (secondary N) is 1. The summed E-state index contributed by atoms with van der Waals surface area (Å²) in [6, 6.07) is 21.6. The van der Waals surface area contributed by atoms with Crippen LogP contribution in [0.5, 0.6) is 5.75 Å². The number of carbonyl (C=O) groups excluding carboxylic acids is 1. The molecule has 0 aliphatic carbocycles. The second-order valence-electron chi connectivity index (χ2n) is 4.99. The molecule has 1 heterocycles. The molecule has 0 unspecified atom stereocenters. The van der Waals surface area contributed by atoms with Gasteiger partial charge in [-0.2, -0.15) is 5.10 Å². The predicted octanol–water partition coefficient (Wildman–Crippen LogP) is 3.94. The molecule has 24 heavy (non-hydrogen) atoms. The molecule has 120 valence electrons. The Morgan fingerprint density at radius 2 is 1.75 bits per heavy atom. The first kappa shape index (κ1) is 16.0. The summed E-state index contributed by atoms with van der Waals surface area (Å²) in [5.41, 5.74) is 4.69. The normalized spacial score (nSPS) is 10.7. The van der Waals surface area contributed by atoms with E-state index in [2.05, 4.69) is 22.7 Å². The maximum absolute atomic E-state index is 11.7. The van der Waals surface area contributed by atoms with Gasteiger partial charge in [0, 0.05) is 4.88 Å². The van der Waals surface area contributed by atoms with Crippen molar-refractivity contribution < 1.29 is 9.53 Å². The molecular weight excluding hydrogens is 320 g/mol. The van der Waals surface area contributed by atoms with E-state index in [4.69, 9.17) is 4.74 Å². The van der Waals surface area contributed by atoms with E-state index in [0.29, 0.717) is 5.75 Å². The molecule has 1 aromatic heterocycles. The fourth-order valence-corrected chi connectivity index (χ4v) is 2.67. The fourth-order valence-electron chi connectivity index (χ4n) is 2.09. The number of hydrazone groups is 1. The summed E-state index contributed by atoms with van der Waals surface area (Å²) in [4.78, 5) is 12.7. The number of amides is 1. The van der Waals surface area contributed by atoms with Crippen molar-refractivity contribution in [3.05, 3.63) is 77.0 Å². The molecule has 0 aliphatic rings. The molecule has 0 saturated heterocycles. The Kier molecular flexibility index (Phi) is 5.37. The maximum atomic E-state index is 11.7. The second-order valence-corrected chi connectivity index (χ2v) is 5.97. The molecule has 3 aromatic rings. The van der Waals surface area contributed by atoms with Gasteiger partial charge < -0.3 is 4.74 Å². The summed E-state index contributed by atoms with van der Waals surface area (Å²) in [6.45, 7) is -0.0769. The molecule has 2 aromatic carbocycles. The van der Waals surface area contributed by atoms with Crippen LogP contribution in [0.25, 0.3) is 11.1 Å². The summed E-state index contributed by atoms with van der Waals surface area (Å²) < 4.78 is 5.46. The third-order valence-corrected chi connectivity index (χ3v) is 4.06. The number of ether oxygens (including phenoxy) is 1. The first-order chi connectivity index (χ1) is 11.8. The van der Waals surface area contributed by atoms with Gasteiger partial charge >= 0.3 is 0 Å². The Bertz CT molecular complexity index is 797. The Labute approximate surface area is 144 Å². The largest absolute Gasteiger partial charge is 0.484 e. The summed E-state index contributed by atoms with van der Waals surface area (Å²) >= 11 is 1.55. The minimum absolute atomic E-state index is 0.0769. The summed E-state index contributed by atoms with van der Waals surface area (Å²) in [6.07, 6.45) is 1.61. The number of nitrogens with zero attached hydrogens (tertiary/aromatic N) is 1. The van der Waals surface area contributed by atoms with E-state index >= 15 is 0 Å². The van der Waals surface area contributed by atoms with Crippen LogP contribution in [-0.4, -0.2) is 18.7 Å². The molecule has 3 rings (SSSR count). The maximum Gasteiger partial charge on any atom is 0.277 e. The second kappa shape index (κ2) is 8.08. The number of rotatable bonds is 6. The lowest BCUT2D eigenvalue weighted by Gasteiger charge is -2.06. The Hall–Kier alpha value is -2.92. The average molecular weight is 336 g/mol. The van der Waals surface area contributed by atoms with Crippen molar-refractivity contribution in [2.45, 2.75) is 0 Å². The van der Waals surface area contributed by atoms with Crippen LogP contribution in [0.3, 0.4) is 0 Å². The zero-order valence-electron chi connectivity index (χ0n) is 12.9. The highest BCUT2D eigenvalue weighted by Gasteiger charge is 2.02. The lowest BCUT2D eigenvalue weighted by molar-refractivity contribution is -0.123. The van der Waals surface area contributed by atoms with Crippen LogP contribution in [0, 0.1) is 0 Å². The van der Waals surface area contributed by atoms with Gasteiger partial charge in [-0.1, -0.05) is 48.5 Å². The van der Waals surface area contributed by atoms with Crippen molar-refractivity contribution in [1.82, 2.24) is 5.43 Å². The third kappa shape index (κ3) is 4.54. The highest BCUT2D eigenvalue weighted by Crippen LogP contribution is 2.21. The average Bonchev–Trinajstić information content (AvgIpc) is 3.15. The molecule has 0 fully saturated rings. The van der Waals surface area contributed by atoms with Crippen LogP contribution in [-0.2, 0) is 4.79 Å². The number of benzene rings is 2. The molecule has 1 N–H and O–H groups in total. The quantitative estimate of drug-likeness (QED) is 0.547. The Morgan fingerprint density at radius 3 is 2.46 bits per heavy atom. The standard InChI is InChI=1S/C19H16N2O2S/c22-19(21-20-13-18-7-4-12-24-18)14-23-17-10-8-16(9-11-17)15-5-2-1-3-6-15/h1-13H,14H2,(H,21,22)/b20-13-. The highest BCUT2D eigenvalue weighted by molar-refractivity contribution is 7.11. The lowest BCUT2D eigenvalue weighted by Crippen LogP contribution is -2.24. The topological polar surface area (TPSA) is 50.7 Å². The van der Waals surface area contributed by atoms with Gasteiger partial charge in [0.05, 0.1) is 6.21 Å². The van der Waals surface area contributed by atoms with Crippen LogP contribution < -0.4 is 10.2 Å². The van der Waals surface area contributed by atoms with E-state index in [-0.39, 0.29) is 12.5 Å². The first-order valence-electron chi connectivity index (χ1n) is 7.45. The molecule has 4 nitrogen and oxygen atoms in total. The van der Waals surface area contributed by atoms with Gasteiger partial charge in [0.15, 0.2) is 6.61 Å². The Balaban J connectivity index is 1.48. The molecule has 0 atom stereocenters. The molecular formula is C19H16N2O2S. The molecule has 0 bridgehead atoms. The van der Waals surface area contributed by atoms with Crippen molar-refractivity contribution in [2.24, 2.45) is 5.10 Å². The third-order valence-electron chi connectivity index (χ3n) is 3.26. The molecule has 1 amide bonds. The van der Waals surface area contributed by atoms with Gasteiger partial charge in [-0.05, 0) is 34.7 Å². The zero-order valence-corrected chi connectivity index (χ0v) is 13.7. The summed E-state index contributed by atoms with van der Waals surface area (Å²) in [7, 11) is 0. The van der Waals surface area contributed by atoms with E-state index in [1.54, 1.807) is 17.6 Å². The van der Waals surface area contributed by atoms with E-state index in [9.17, 15) is 4.79 Å². The van der Waals surface area contributed by atoms with Crippen LogP contribution in [0.4, 0.5) is 0 Å². The van der Waals surface area contributed by atoms with Gasteiger partial charge in [0.25, 0.3) is 5.91 Å². The monoisotopic (exact) mass is 336 g/mol. The number of hydrogen-bond acceptors (Lipinski definition) is 4. The van der Waals surface area contributed by atoms with Gasteiger partial charge in [0.1, 0.15) is 5.75 Å². The number of hydrogen-bond donors (Lipinski definition) is 1. The highest BCUT2D eigenvalue weighted by atomic mass is 32.1. The molecule has 0 aliphatic heterocycles. The minimum Gasteiger partial charge on any atom is -0.484 e. The fraction of sp³-hybridized carbons (Fsp3) is 0.0526. The zero-order chi connectivity index (χ0) is 16.6. The molecule has 0 saturated carbocycles. The Morgan fingerprint density at radius 1 is 1.00 bits per heavy atom. The van der Waals surface area contributed by atoms with Gasteiger partial charge in [-0.3, -0.25) is 4.79 Å². The summed E-state index contributed by atoms with van der Waals surface area (Å²) in [5.74, 6) is 0.349. The van der Waals surface area contributed by atoms with Crippen molar-refractivity contribution >= 4 is 23.5 Å². The predicted molar refractivity (Wildman–Crippen MR) is 97.4 cm³/mol. The molecule has 0 radical (unpaired) electrons. The van der Waals surface area contributed by atoms with Crippen LogP contribution in [0.2, 0.25) is 0 Å². The summed E-state index contributed by atoms with van der Waals surface area (Å²) in [5, 5.41) is 5.84. The van der Waals surface area contributed by atoms with E-state index < -0.39 is 0 Å². The van der Waals surface area contributed by atoms with E-state index in [0.717, 1.165) is 16.0 Å². The van der Waals surface area contributed by atoms with Gasteiger partial charge in [-0.25, -0.2) is 5.43 Å². The molecule has 5 heteroatoms. The first-order valence-corrected chi connectivity index (χ1v) is 8.33. The minimum atomic E-state index is -0.296. The SMILES string of the molecule is O=C(COc1ccc(-c2ccccc2)cc1)N/N=C\c1cccs1. The van der Waals surface area contributed by atoms with Crippen molar-refractivity contribution in [3.63, 3.8) is 0 Å².